The maximum Gasteiger partial charge on any atom is 0.294 e. The summed E-state index contributed by atoms with van der Waals surface area (Å²) in [7, 11) is 0. The lowest BCUT2D eigenvalue weighted by molar-refractivity contribution is -0.129. The molecule has 0 aromatic heterocycles. The Kier molecular flexibility index (Phi) is 7.24. The Morgan fingerprint density at radius 1 is 1.13 bits per heavy atom. The Morgan fingerprint density at radius 3 is 2.50 bits per heavy atom. The first-order valence-electron chi connectivity index (χ1n) is 9.45. The van der Waals surface area contributed by atoms with Gasteiger partial charge < -0.3 is 10.1 Å². The van der Waals surface area contributed by atoms with Crippen molar-refractivity contribution in [3.8, 4) is 5.75 Å². The van der Waals surface area contributed by atoms with Crippen molar-refractivity contribution in [2.45, 2.75) is 20.0 Å². The third-order valence-corrected chi connectivity index (χ3v) is 5.15. The van der Waals surface area contributed by atoms with Gasteiger partial charge in [0.25, 0.3) is 11.1 Å². The summed E-state index contributed by atoms with van der Waals surface area (Å²) in [6, 6.07) is 13.1. The number of rotatable bonds is 8. The first kappa shape index (κ1) is 21.6. The quantitative estimate of drug-likeness (QED) is 0.644. The third-order valence-electron chi connectivity index (χ3n) is 4.24. The Hall–Kier alpha value is -3.13. The molecule has 3 rings (SSSR count). The number of nitrogens with one attached hydrogen (secondary N) is 1. The van der Waals surface area contributed by atoms with Gasteiger partial charge in [-0.2, -0.15) is 0 Å². The number of ether oxygens (including phenoxy) is 1. The molecule has 0 saturated carbocycles. The van der Waals surface area contributed by atoms with Crippen LogP contribution in [-0.2, 0) is 16.2 Å². The molecule has 1 N–H and O–H groups in total. The average Bonchev–Trinajstić information content (AvgIpc) is 3.00. The van der Waals surface area contributed by atoms with E-state index >= 15 is 0 Å². The molecule has 1 fully saturated rings. The second-order valence-electron chi connectivity index (χ2n) is 6.60. The Morgan fingerprint density at radius 2 is 1.83 bits per heavy atom. The summed E-state index contributed by atoms with van der Waals surface area (Å²) in [6.07, 6.45) is 2.38. The van der Waals surface area contributed by atoms with Gasteiger partial charge in [0.2, 0.25) is 5.91 Å². The predicted octanol–water partition coefficient (Wildman–Crippen LogP) is 3.97. The van der Waals surface area contributed by atoms with Crippen molar-refractivity contribution in [2.75, 3.05) is 13.1 Å². The number of hydrogen-bond acceptors (Lipinski definition) is 5. The lowest BCUT2D eigenvalue weighted by Gasteiger charge is -2.11. The Bertz CT molecular complexity index is 958. The highest BCUT2D eigenvalue weighted by atomic mass is 32.2. The largest absolute Gasteiger partial charge is 0.489 e. The molecule has 6 nitrogen and oxygen atoms in total. The van der Waals surface area contributed by atoms with Crippen LogP contribution in [0, 0.1) is 5.82 Å². The Balaban J connectivity index is 1.59. The summed E-state index contributed by atoms with van der Waals surface area (Å²) in [5.74, 6) is -0.511. The predicted molar refractivity (Wildman–Crippen MR) is 113 cm³/mol. The number of benzene rings is 2. The van der Waals surface area contributed by atoms with Crippen LogP contribution in [0.2, 0.25) is 0 Å². The van der Waals surface area contributed by atoms with Crippen LogP contribution in [0.5, 0.6) is 5.75 Å². The highest BCUT2D eigenvalue weighted by Gasteiger charge is 2.36. The van der Waals surface area contributed by atoms with Gasteiger partial charge in [-0.3, -0.25) is 19.3 Å². The first-order chi connectivity index (χ1) is 14.5. The minimum atomic E-state index is -0.478. The molecular weight excluding hydrogens is 407 g/mol. The van der Waals surface area contributed by atoms with E-state index in [9.17, 15) is 18.8 Å². The van der Waals surface area contributed by atoms with Gasteiger partial charge in [0.15, 0.2) is 0 Å². The van der Waals surface area contributed by atoms with Crippen LogP contribution in [0.4, 0.5) is 9.18 Å². The number of carbonyl (C=O) groups is 3. The molecule has 3 amide bonds. The van der Waals surface area contributed by atoms with E-state index in [-0.39, 0.29) is 23.2 Å². The molecule has 1 heterocycles. The topological polar surface area (TPSA) is 75.7 Å². The van der Waals surface area contributed by atoms with Gasteiger partial charge >= 0.3 is 0 Å². The summed E-state index contributed by atoms with van der Waals surface area (Å²) in [5, 5.41) is 2.19. The van der Waals surface area contributed by atoms with Crippen LogP contribution in [-0.4, -0.2) is 35.0 Å². The van der Waals surface area contributed by atoms with Crippen molar-refractivity contribution in [1.82, 2.24) is 10.2 Å². The molecule has 0 unspecified atom stereocenters. The van der Waals surface area contributed by atoms with Crippen molar-refractivity contribution < 1.29 is 23.5 Å². The standard InChI is InChI=1S/C22H21FN2O4S/c1-2-11-24-20(26)13-25-21(27)19(30-22(25)28)12-15-5-9-18(10-6-15)29-14-16-3-7-17(23)8-4-16/h3-10,12H,2,11,13-14H2,1H3,(H,24,26)/b19-12-. The molecule has 1 aliphatic rings. The lowest BCUT2D eigenvalue weighted by Crippen LogP contribution is -2.39. The van der Waals surface area contributed by atoms with Crippen molar-refractivity contribution in [3.05, 3.63) is 70.4 Å². The van der Waals surface area contributed by atoms with Gasteiger partial charge in [0.1, 0.15) is 24.7 Å². The van der Waals surface area contributed by atoms with E-state index in [4.69, 9.17) is 4.74 Å². The van der Waals surface area contributed by atoms with E-state index in [1.165, 1.54) is 12.1 Å². The van der Waals surface area contributed by atoms with Gasteiger partial charge in [-0.05, 0) is 59.7 Å². The molecule has 2 aromatic rings. The van der Waals surface area contributed by atoms with Crippen molar-refractivity contribution in [2.24, 2.45) is 0 Å². The fourth-order valence-electron chi connectivity index (χ4n) is 2.66. The molecule has 0 atom stereocenters. The minimum Gasteiger partial charge on any atom is -0.489 e. The van der Waals surface area contributed by atoms with Crippen LogP contribution >= 0.6 is 11.8 Å². The normalized spacial score (nSPS) is 15.0. The third kappa shape index (κ3) is 5.70. The minimum absolute atomic E-state index is 0.267. The molecule has 1 saturated heterocycles. The van der Waals surface area contributed by atoms with Gasteiger partial charge in [-0.25, -0.2) is 4.39 Å². The van der Waals surface area contributed by atoms with E-state index in [2.05, 4.69) is 5.32 Å². The van der Waals surface area contributed by atoms with E-state index in [0.29, 0.717) is 18.9 Å². The highest BCUT2D eigenvalue weighted by molar-refractivity contribution is 8.18. The maximum atomic E-state index is 12.9. The summed E-state index contributed by atoms with van der Waals surface area (Å²) in [5.41, 5.74) is 1.57. The fraction of sp³-hybridized carbons (Fsp3) is 0.227. The average molecular weight is 428 g/mol. The second kappa shape index (κ2) is 10.1. The van der Waals surface area contributed by atoms with Crippen molar-refractivity contribution in [1.29, 1.82) is 0 Å². The van der Waals surface area contributed by atoms with E-state index in [1.807, 2.05) is 6.92 Å². The number of hydrogen-bond donors (Lipinski definition) is 1. The summed E-state index contributed by atoms with van der Waals surface area (Å²) < 4.78 is 18.6. The van der Waals surface area contributed by atoms with E-state index in [0.717, 1.165) is 34.2 Å². The number of amides is 3. The lowest BCUT2D eigenvalue weighted by atomic mass is 10.2. The van der Waals surface area contributed by atoms with Crippen molar-refractivity contribution >= 4 is 34.9 Å². The highest BCUT2D eigenvalue weighted by Crippen LogP contribution is 2.32. The van der Waals surface area contributed by atoms with E-state index < -0.39 is 11.1 Å². The second-order valence-corrected chi connectivity index (χ2v) is 7.60. The molecule has 0 spiro atoms. The number of halogens is 1. The molecule has 0 aliphatic carbocycles. The van der Waals surface area contributed by atoms with Crippen LogP contribution < -0.4 is 10.1 Å². The van der Waals surface area contributed by atoms with Crippen LogP contribution in [0.25, 0.3) is 6.08 Å². The monoisotopic (exact) mass is 428 g/mol. The van der Waals surface area contributed by atoms with Crippen molar-refractivity contribution in [3.63, 3.8) is 0 Å². The molecular formula is C22H21FN2O4S. The zero-order valence-electron chi connectivity index (χ0n) is 16.4. The van der Waals surface area contributed by atoms with E-state index in [1.54, 1.807) is 42.5 Å². The molecule has 2 aromatic carbocycles. The molecule has 0 radical (unpaired) electrons. The van der Waals surface area contributed by atoms with Gasteiger partial charge in [0, 0.05) is 6.54 Å². The zero-order valence-corrected chi connectivity index (χ0v) is 17.2. The summed E-state index contributed by atoms with van der Waals surface area (Å²) >= 11 is 0.812. The SMILES string of the molecule is CCCNC(=O)CN1C(=O)S/C(=C\c2ccc(OCc3ccc(F)cc3)cc2)C1=O. The maximum absolute atomic E-state index is 12.9. The number of thioether (sulfide) groups is 1. The van der Waals surface area contributed by atoms with Gasteiger partial charge in [-0.15, -0.1) is 0 Å². The van der Waals surface area contributed by atoms with Crippen LogP contribution in [0.3, 0.4) is 0 Å². The number of nitrogens with zero attached hydrogens (tertiary/aromatic N) is 1. The molecule has 0 bridgehead atoms. The summed E-state index contributed by atoms with van der Waals surface area (Å²) in [6.45, 7) is 2.44. The number of carbonyl (C=O) groups excluding carboxylic acids is 3. The van der Waals surface area contributed by atoms with Gasteiger partial charge in [-0.1, -0.05) is 31.2 Å². The van der Waals surface area contributed by atoms with Crippen LogP contribution in [0.1, 0.15) is 24.5 Å². The van der Waals surface area contributed by atoms with Gasteiger partial charge in [0.05, 0.1) is 4.91 Å². The molecule has 30 heavy (non-hydrogen) atoms. The smallest absolute Gasteiger partial charge is 0.294 e. The molecule has 8 heteroatoms. The van der Waals surface area contributed by atoms with Crippen LogP contribution in [0.15, 0.2) is 53.4 Å². The zero-order chi connectivity index (χ0) is 21.5. The number of imide groups is 1. The Labute approximate surface area is 178 Å². The summed E-state index contributed by atoms with van der Waals surface area (Å²) in [4.78, 5) is 37.6. The molecule has 1 aliphatic heterocycles. The first-order valence-corrected chi connectivity index (χ1v) is 10.3. The fourth-order valence-corrected chi connectivity index (χ4v) is 3.50. The molecule has 156 valence electrons.